The number of aliphatic hydroxyl groups is 1. The minimum Gasteiger partial charge on any atom is -0.486 e. The van der Waals surface area contributed by atoms with Crippen molar-refractivity contribution in [2.75, 3.05) is 13.2 Å². The van der Waals surface area contributed by atoms with E-state index in [1.165, 1.54) is 18.2 Å². The van der Waals surface area contributed by atoms with Gasteiger partial charge in [-0.1, -0.05) is 0 Å². The lowest BCUT2D eigenvalue weighted by Crippen LogP contribution is -2.51. The lowest BCUT2D eigenvalue weighted by molar-refractivity contribution is -0.164. The molecule has 1 unspecified atom stereocenters. The fourth-order valence-corrected chi connectivity index (χ4v) is 2.40. The maximum absolute atomic E-state index is 13.2. The van der Waals surface area contributed by atoms with E-state index in [1.807, 2.05) is 0 Å². The molecule has 0 saturated heterocycles. The zero-order chi connectivity index (χ0) is 17.5. The number of rotatable bonds is 3. The lowest BCUT2D eigenvalue weighted by atomic mass is 10.1. The Hall–Kier alpha value is -2.36. The number of nitrogens with zero attached hydrogens (tertiary/aromatic N) is 2. The number of hydrazone groups is 1. The molecule has 0 aromatic heterocycles. The number of benzene rings is 1. The molecule has 1 aromatic rings. The molecule has 3 rings (SSSR count). The summed E-state index contributed by atoms with van der Waals surface area (Å²) in [6.07, 6.45) is -7.76. The fraction of sp³-hybridized carbons (Fsp3) is 0.429. The molecule has 2 heterocycles. The van der Waals surface area contributed by atoms with Gasteiger partial charge in [-0.3, -0.25) is 4.79 Å². The molecular formula is C14H12F4N2O4. The van der Waals surface area contributed by atoms with Crippen molar-refractivity contribution in [1.82, 2.24) is 5.01 Å². The lowest BCUT2D eigenvalue weighted by Gasteiger charge is -2.30. The number of fused-ring (bicyclic) bond motifs is 1. The van der Waals surface area contributed by atoms with Crippen LogP contribution in [-0.2, 0) is 0 Å². The van der Waals surface area contributed by atoms with Gasteiger partial charge < -0.3 is 14.6 Å². The quantitative estimate of drug-likeness (QED) is 0.847. The Balaban J connectivity index is 1.95. The van der Waals surface area contributed by atoms with Crippen LogP contribution >= 0.6 is 0 Å². The van der Waals surface area contributed by atoms with Gasteiger partial charge in [0.05, 0.1) is 0 Å². The summed E-state index contributed by atoms with van der Waals surface area (Å²) in [6, 6.07) is 3.85. The van der Waals surface area contributed by atoms with E-state index in [1.54, 1.807) is 0 Å². The molecule has 0 radical (unpaired) electrons. The van der Waals surface area contributed by atoms with Crippen LogP contribution in [0.15, 0.2) is 23.3 Å². The van der Waals surface area contributed by atoms with Crippen LogP contribution in [0.4, 0.5) is 17.6 Å². The highest BCUT2D eigenvalue weighted by Gasteiger charge is 2.53. The third-order valence-electron chi connectivity index (χ3n) is 3.62. The predicted octanol–water partition coefficient (Wildman–Crippen LogP) is 1.88. The van der Waals surface area contributed by atoms with Crippen LogP contribution in [0.25, 0.3) is 0 Å². The van der Waals surface area contributed by atoms with Gasteiger partial charge in [0.25, 0.3) is 18.8 Å². The summed E-state index contributed by atoms with van der Waals surface area (Å²) in [5, 5.41) is 13.2. The van der Waals surface area contributed by atoms with Gasteiger partial charge in [0, 0.05) is 12.0 Å². The highest BCUT2D eigenvalue weighted by molar-refractivity contribution is 5.99. The minimum atomic E-state index is -3.47. The molecule has 0 saturated carbocycles. The Morgan fingerprint density at radius 3 is 2.50 bits per heavy atom. The van der Waals surface area contributed by atoms with Crippen LogP contribution in [0.2, 0.25) is 0 Å². The molecular weight excluding hydrogens is 336 g/mol. The van der Waals surface area contributed by atoms with Crippen LogP contribution in [-0.4, -0.2) is 53.5 Å². The number of halogens is 4. The van der Waals surface area contributed by atoms with E-state index in [2.05, 4.69) is 5.10 Å². The van der Waals surface area contributed by atoms with Crippen molar-refractivity contribution in [2.24, 2.45) is 5.10 Å². The van der Waals surface area contributed by atoms with Crippen LogP contribution < -0.4 is 9.47 Å². The summed E-state index contributed by atoms with van der Waals surface area (Å²) < 4.78 is 62.3. The Kier molecular flexibility index (Phi) is 4.08. The highest BCUT2D eigenvalue weighted by atomic mass is 19.3. The highest BCUT2D eigenvalue weighted by Crippen LogP contribution is 2.36. The summed E-state index contributed by atoms with van der Waals surface area (Å²) >= 11 is 0. The Morgan fingerprint density at radius 1 is 1.21 bits per heavy atom. The van der Waals surface area contributed by atoms with Crippen molar-refractivity contribution in [1.29, 1.82) is 0 Å². The summed E-state index contributed by atoms with van der Waals surface area (Å²) in [5.41, 5.74) is -4.25. The van der Waals surface area contributed by atoms with Gasteiger partial charge in [-0.2, -0.15) is 10.1 Å². The smallest absolute Gasteiger partial charge is 0.287 e. The standard InChI is InChI=1S/C14H12F4N2O4/c15-11(16)8-6-14(22,13(17)18)20(19-8)12(21)7-1-2-9-10(5-7)24-4-3-23-9/h1-2,5,11,13,22H,3-4,6H2. The third kappa shape index (κ3) is 2.66. The van der Waals surface area contributed by atoms with Gasteiger partial charge in [0.15, 0.2) is 11.5 Å². The number of alkyl halides is 4. The Morgan fingerprint density at radius 2 is 1.88 bits per heavy atom. The number of hydrogen-bond donors (Lipinski definition) is 1. The first kappa shape index (κ1) is 16.5. The van der Waals surface area contributed by atoms with E-state index in [0.717, 1.165) is 0 Å². The van der Waals surface area contributed by atoms with Gasteiger partial charge in [-0.15, -0.1) is 0 Å². The van der Waals surface area contributed by atoms with Gasteiger partial charge in [-0.05, 0) is 18.2 Å². The molecule has 1 N–H and O–H groups in total. The average Bonchev–Trinajstić information content (AvgIpc) is 2.93. The monoisotopic (exact) mass is 348 g/mol. The molecule has 0 aliphatic carbocycles. The van der Waals surface area contributed by atoms with E-state index >= 15 is 0 Å². The minimum absolute atomic E-state index is 0.00453. The van der Waals surface area contributed by atoms with Crippen molar-refractivity contribution >= 4 is 11.6 Å². The van der Waals surface area contributed by atoms with Crippen LogP contribution in [0.5, 0.6) is 11.5 Å². The second-order valence-corrected chi connectivity index (χ2v) is 5.22. The molecule has 2 aliphatic heterocycles. The zero-order valence-electron chi connectivity index (χ0n) is 12.1. The van der Waals surface area contributed by atoms with E-state index in [-0.39, 0.29) is 22.9 Å². The zero-order valence-corrected chi connectivity index (χ0v) is 12.1. The first-order chi connectivity index (χ1) is 11.3. The Bertz CT molecular complexity index is 697. The second-order valence-electron chi connectivity index (χ2n) is 5.22. The number of carbonyl (C=O) groups excluding carboxylic acids is 1. The normalized spacial score (nSPS) is 23.0. The fourth-order valence-electron chi connectivity index (χ4n) is 2.40. The van der Waals surface area contributed by atoms with E-state index in [0.29, 0.717) is 12.4 Å². The van der Waals surface area contributed by atoms with Gasteiger partial charge in [-0.25, -0.2) is 17.6 Å². The van der Waals surface area contributed by atoms with Crippen LogP contribution in [0.3, 0.4) is 0 Å². The maximum Gasteiger partial charge on any atom is 0.287 e. The van der Waals surface area contributed by atoms with Crippen LogP contribution in [0, 0.1) is 0 Å². The number of carbonyl (C=O) groups is 1. The Labute approximate surface area is 133 Å². The van der Waals surface area contributed by atoms with E-state index < -0.39 is 36.6 Å². The predicted molar refractivity (Wildman–Crippen MR) is 72.6 cm³/mol. The second kappa shape index (κ2) is 5.93. The summed E-state index contributed by atoms with van der Waals surface area (Å²) in [7, 11) is 0. The number of ether oxygens (including phenoxy) is 2. The molecule has 1 amide bonds. The third-order valence-corrected chi connectivity index (χ3v) is 3.62. The van der Waals surface area contributed by atoms with Crippen molar-refractivity contribution in [3.63, 3.8) is 0 Å². The van der Waals surface area contributed by atoms with Crippen LogP contribution in [0.1, 0.15) is 16.8 Å². The van der Waals surface area contributed by atoms with Gasteiger partial charge in [0.1, 0.15) is 18.9 Å². The molecule has 10 heteroatoms. The van der Waals surface area contributed by atoms with Gasteiger partial charge in [0.2, 0.25) is 5.72 Å². The van der Waals surface area contributed by atoms with Crippen molar-refractivity contribution in [2.45, 2.75) is 25.0 Å². The molecule has 0 spiro atoms. The molecule has 1 atom stereocenters. The van der Waals surface area contributed by atoms with Crippen molar-refractivity contribution in [3.8, 4) is 11.5 Å². The number of hydrogen-bond acceptors (Lipinski definition) is 5. The number of amides is 1. The molecule has 24 heavy (non-hydrogen) atoms. The van der Waals surface area contributed by atoms with E-state index in [9.17, 15) is 27.5 Å². The SMILES string of the molecule is O=C(c1ccc2c(c1)OCCO2)N1N=C(C(F)F)CC1(O)C(F)F. The van der Waals surface area contributed by atoms with E-state index in [4.69, 9.17) is 9.47 Å². The summed E-state index contributed by atoms with van der Waals surface area (Å²) in [5.74, 6) is -0.574. The maximum atomic E-state index is 13.2. The first-order valence-corrected chi connectivity index (χ1v) is 6.93. The summed E-state index contributed by atoms with van der Waals surface area (Å²) in [4.78, 5) is 12.4. The molecule has 130 valence electrons. The van der Waals surface area contributed by atoms with Crippen molar-refractivity contribution in [3.05, 3.63) is 23.8 Å². The topological polar surface area (TPSA) is 71.4 Å². The molecule has 0 fully saturated rings. The first-order valence-electron chi connectivity index (χ1n) is 6.93. The molecule has 1 aromatic carbocycles. The van der Waals surface area contributed by atoms with Crippen molar-refractivity contribution < 1.29 is 36.9 Å². The van der Waals surface area contributed by atoms with Gasteiger partial charge >= 0.3 is 0 Å². The largest absolute Gasteiger partial charge is 0.486 e. The summed E-state index contributed by atoms with van der Waals surface area (Å²) in [6.45, 7) is 0.558. The average molecular weight is 348 g/mol. The molecule has 2 aliphatic rings. The molecule has 0 bridgehead atoms. The molecule has 6 nitrogen and oxygen atoms in total.